The number of benzene rings is 2. The molecule has 1 fully saturated rings. The smallest absolute Gasteiger partial charge is 0.279 e. The van der Waals surface area contributed by atoms with E-state index in [1.807, 2.05) is 30.3 Å². The average molecular weight is 442 g/mol. The van der Waals surface area contributed by atoms with Crippen LogP contribution in [0.3, 0.4) is 0 Å². The van der Waals surface area contributed by atoms with Crippen molar-refractivity contribution >= 4 is 17.2 Å². The Labute approximate surface area is 182 Å². The third-order valence-corrected chi connectivity index (χ3v) is 5.99. The predicted molar refractivity (Wildman–Crippen MR) is 113 cm³/mol. The Hall–Kier alpha value is -2.66. The summed E-state index contributed by atoms with van der Waals surface area (Å²) in [5.41, 5.74) is 1.79. The molecule has 0 aliphatic carbocycles. The highest BCUT2D eigenvalue weighted by molar-refractivity contribution is 7.07. The number of carbonyl (C=O) groups is 1. The van der Waals surface area contributed by atoms with E-state index in [2.05, 4.69) is 4.99 Å². The second kappa shape index (κ2) is 9.23. The third kappa shape index (κ3) is 4.24. The molecule has 1 aromatic heterocycles. The van der Waals surface area contributed by atoms with Crippen LogP contribution in [0.25, 0.3) is 11.3 Å². The summed E-state index contributed by atoms with van der Waals surface area (Å²) in [6.45, 7) is -0.553. The molecule has 4 N–H and O–H groups in total. The maximum Gasteiger partial charge on any atom is 0.279 e. The molecule has 0 spiro atoms. The number of aromatic nitrogens is 1. The van der Waals surface area contributed by atoms with Crippen LogP contribution < -0.4 is 4.80 Å². The molecule has 0 bridgehead atoms. The second-order valence-corrected chi connectivity index (χ2v) is 7.98. The number of carbonyl (C=O) groups excluding carboxylic acids is 1. The minimum absolute atomic E-state index is 0.247. The number of thiazole rings is 1. The number of hydrogen-bond acceptors (Lipinski definition) is 7. The van der Waals surface area contributed by atoms with Gasteiger partial charge in [-0.15, -0.1) is 11.3 Å². The molecule has 5 atom stereocenters. The van der Waals surface area contributed by atoms with Gasteiger partial charge in [-0.2, -0.15) is 4.99 Å². The van der Waals surface area contributed by atoms with E-state index in [0.717, 1.165) is 5.56 Å². The normalized spacial score (nSPS) is 26.7. The zero-order valence-electron chi connectivity index (χ0n) is 16.4. The highest BCUT2D eigenvalue weighted by Gasteiger charge is 2.45. The van der Waals surface area contributed by atoms with Crippen LogP contribution in [0.4, 0.5) is 0 Å². The largest absolute Gasteiger partial charge is 0.394 e. The van der Waals surface area contributed by atoms with Gasteiger partial charge in [0, 0.05) is 10.9 Å². The van der Waals surface area contributed by atoms with Gasteiger partial charge in [0.2, 0.25) is 0 Å². The van der Waals surface area contributed by atoms with Crippen molar-refractivity contribution in [2.45, 2.75) is 30.6 Å². The van der Waals surface area contributed by atoms with Crippen molar-refractivity contribution in [3.05, 3.63) is 76.4 Å². The van der Waals surface area contributed by atoms with Crippen molar-refractivity contribution in [3.63, 3.8) is 0 Å². The van der Waals surface area contributed by atoms with Crippen LogP contribution in [0, 0.1) is 0 Å². The van der Waals surface area contributed by atoms with Crippen LogP contribution in [0.1, 0.15) is 16.6 Å². The topological polar surface area (TPSA) is 125 Å². The third-order valence-electron chi connectivity index (χ3n) is 5.15. The van der Waals surface area contributed by atoms with Crippen molar-refractivity contribution in [2.24, 2.45) is 4.99 Å². The first-order valence-corrected chi connectivity index (χ1v) is 10.6. The van der Waals surface area contributed by atoms with Crippen molar-refractivity contribution in [1.29, 1.82) is 0 Å². The van der Waals surface area contributed by atoms with E-state index in [1.165, 1.54) is 15.9 Å². The zero-order valence-corrected chi connectivity index (χ0v) is 17.2. The molecule has 1 amide bonds. The standard InChI is InChI=1S/C22H22N2O6S/c25-11-16-17(26)18(27)19(28)21(30-16)24-15(13-7-3-1-4-8-13)12-31-22(24)23-20(29)14-9-5-2-6-10-14/h1-10,12,16-19,21,25-28H,11H2/t16-,17-,18+,19-,21-/m1/s1. The summed E-state index contributed by atoms with van der Waals surface area (Å²) in [5.74, 6) is -0.472. The SMILES string of the molecule is O=C(N=c1scc(-c2ccccc2)n1[C@@H]1O[C@H](CO)[C@@H](O)[C@H](O)[C@H]1O)c1ccccc1. The van der Waals surface area contributed by atoms with E-state index in [-0.39, 0.29) is 4.80 Å². The highest BCUT2D eigenvalue weighted by atomic mass is 32.1. The Bertz CT molecular complexity index is 1100. The van der Waals surface area contributed by atoms with Gasteiger partial charge < -0.3 is 25.2 Å². The van der Waals surface area contributed by atoms with Crippen LogP contribution in [0.2, 0.25) is 0 Å². The number of aliphatic hydroxyl groups excluding tert-OH is 4. The molecule has 31 heavy (non-hydrogen) atoms. The van der Waals surface area contributed by atoms with E-state index in [4.69, 9.17) is 4.74 Å². The Morgan fingerprint density at radius 3 is 2.26 bits per heavy atom. The van der Waals surface area contributed by atoms with Crippen LogP contribution >= 0.6 is 11.3 Å². The molecule has 8 nitrogen and oxygen atoms in total. The van der Waals surface area contributed by atoms with Gasteiger partial charge in [-0.3, -0.25) is 9.36 Å². The fourth-order valence-corrected chi connectivity index (χ4v) is 4.41. The van der Waals surface area contributed by atoms with E-state index < -0.39 is 43.2 Å². The lowest BCUT2D eigenvalue weighted by atomic mass is 9.98. The summed E-state index contributed by atoms with van der Waals surface area (Å²) in [6.07, 6.45) is -6.82. The van der Waals surface area contributed by atoms with Crippen molar-refractivity contribution in [2.75, 3.05) is 6.61 Å². The summed E-state index contributed by atoms with van der Waals surface area (Å²) in [7, 11) is 0. The van der Waals surface area contributed by atoms with Gasteiger partial charge in [0.1, 0.15) is 24.4 Å². The van der Waals surface area contributed by atoms with Gasteiger partial charge in [-0.1, -0.05) is 48.5 Å². The number of amides is 1. The quantitative estimate of drug-likeness (QED) is 0.477. The van der Waals surface area contributed by atoms with Crippen LogP contribution in [0.15, 0.2) is 71.0 Å². The predicted octanol–water partition coefficient (Wildman–Crippen LogP) is 0.930. The van der Waals surface area contributed by atoms with Crippen LogP contribution in [-0.2, 0) is 4.74 Å². The van der Waals surface area contributed by atoms with Gasteiger partial charge in [0.05, 0.1) is 12.3 Å². The maximum absolute atomic E-state index is 12.7. The lowest BCUT2D eigenvalue weighted by Gasteiger charge is -2.40. The molecule has 2 heterocycles. The van der Waals surface area contributed by atoms with Gasteiger partial charge in [-0.05, 0) is 17.7 Å². The molecular weight excluding hydrogens is 420 g/mol. The molecule has 162 valence electrons. The second-order valence-electron chi connectivity index (χ2n) is 7.14. The van der Waals surface area contributed by atoms with Gasteiger partial charge in [-0.25, -0.2) is 0 Å². The first-order chi connectivity index (χ1) is 15.0. The first-order valence-electron chi connectivity index (χ1n) is 9.71. The molecule has 3 aromatic rings. The van der Waals surface area contributed by atoms with Gasteiger partial charge in [0.25, 0.3) is 5.91 Å². The number of rotatable bonds is 4. The summed E-state index contributed by atoms with van der Waals surface area (Å²) in [5, 5.41) is 42.4. The maximum atomic E-state index is 12.7. The van der Waals surface area contributed by atoms with Gasteiger partial charge >= 0.3 is 0 Å². The fraction of sp³-hybridized carbons (Fsp3) is 0.273. The number of nitrogens with zero attached hydrogens (tertiary/aromatic N) is 2. The van der Waals surface area contributed by atoms with E-state index in [9.17, 15) is 25.2 Å². The molecule has 1 aliphatic heterocycles. The monoisotopic (exact) mass is 442 g/mol. The molecule has 0 saturated carbocycles. The minimum atomic E-state index is -1.55. The van der Waals surface area contributed by atoms with Crippen molar-refractivity contribution < 1.29 is 30.0 Å². The Morgan fingerprint density at radius 2 is 1.61 bits per heavy atom. The lowest BCUT2D eigenvalue weighted by molar-refractivity contribution is -0.251. The Morgan fingerprint density at radius 1 is 0.968 bits per heavy atom. The summed E-state index contributed by atoms with van der Waals surface area (Å²) in [6, 6.07) is 17.8. The summed E-state index contributed by atoms with van der Waals surface area (Å²) < 4.78 is 7.27. The molecule has 0 unspecified atom stereocenters. The average Bonchev–Trinajstić information content (AvgIpc) is 3.22. The summed E-state index contributed by atoms with van der Waals surface area (Å²) >= 11 is 1.18. The van der Waals surface area contributed by atoms with Gasteiger partial charge in [0.15, 0.2) is 11.0 Å². The summed E-state index contributed by atoms with van der Waals surface area (Å²) in [4.78, 5) is 17.2. The number of hydrogen-bond donors (Lipinski definition) is 4. The Kier molecular flexibility index (Phi) is 6.42. The molecule has 1 saturated heterocycles. The first kappa shape index (κ1) is 21.6. The van der Waals surface area contributed by atoms with Crippen molar-refractivity contribution in [3.8, 4) is 11.3 Å². The molecular formula is C22H22N2O6S. The van der Waals surface area contributed by atoms with E-state index >= 15 is 0 Å². The van der Waals surface area contributed by atoms with E-state index in [1.54, 1.807) is 35.7 Å². The highest BCUT2D eigenvalue weighted by Crippen LogP contribution is 2.32. The fourth-order valence-electron chi connectivity index (χ4n) is 3.49. The number of aliphatic hydroxyl groups is 4. The van der Waals surface area contributed by atoms with E-state index in [0.29, 0.717) is 11.3 Å². The molecule has 1 aliphatic rings. The molecule has 2 aromatic carbocycles. The minimum Gasteiger partial charge on any atom is -0.394 e. The molecule has 9 heteroatoms. The van der Waals surface area contributed by atoms with Crippen molar-refractivity contribution in [1.82, 2.24) is 4.57 Å². The lowest BCUT2D eigenvalue weighted by Crippen LogP contribution is -2.57. The molecule has 0 radical (unpaired) electrons. The molecule has 4 rings (SSSR count). The zero-order chi connectivity index (χ0) is 22.0. The Balaban J connectivity index is 1.85. The van der Waals surface area contributed by atoms with Crippen LogP contribution in [0.5, 0.6) is 0 Å². The van der Waals surface area contributed by atoms with Crippen LogP contribution in [-0.4, -0.2) is 61.9 Å². The number of ether oxygens (including phenoxy) is 1.